The summed E-state index contributed by atoms with van der Waals surface area (Å²) in [6.45, 7) is 11.0. The Kier molecular flexibility index (Phi) is 4.46. The van der Waals surface area contributed by atoms with Crippen molar-refractivity contribution in [1.82, 2.24) is 4.57 Å². The van der Waals surface area contributed by atoms with Crippen LogP contribution in [-0.4, -0.2) is 47.2 Å². The lowest BCUT2D eigenvalue weighted by Gasteiger charge is -2.58. The summed E-state index contributed by atoms with van der Waals surface area (Å²) in [4.78, 5) is 12.6. The third-order valence-corrected chi connectivity index (χ3v) is 10.6. The molecule has 4 nitrogen and oxygen atoms in total. The van der Waals surface area contributed by atoms with Crippen LogP contribution < -0.4 is 0 Å². The molecule has 22 heavy (non-hydrogen) atoms. The highest BCUT2D eigenvalue weighted by Gasteiger charge is 2.56. The molecule has 0 aromatic heterocycles. The molecule has 1 aliphatic heterocycles. The summed E-state index contributed by atoms with van der Waals surface area (Å²) in [7, 11) is -1.94. The predicted octanol–water partition coefficient (Wildman–Crippen LogP) is 1.34. The zero-order valence-corrected chi connectivity index (χ0v) is 15.0. The van der Waals surface area contributed by atoms with Gasteiger partial charge in [-0.3, -0.25) is 4.79 Å². The molecule has 1 saturated heterocycles. The minimum Gasteiger partial charge on any atom is -0.377 e. The summed E-state index contributed by atoms with van der Waals surface area (Å²) >= 11 is 0. The highest BCUT2D eigenvalue weighted by atomic mass is 28.3. The van der Waals surface area contributed by atoms with Crippen molar-refractivity contribution in [3.05, 3.63) is 0 Å². The van der Waals surface area contributed by atoms with Gasteiger partial charge in [0.25, 0.3) is 0 Å². The van der Waals surface area contributed by atoms with Crippen molar-refractivity contribution >= 4 is 14.1 Å². The van der Waals surface area contributed by atoms with Crippen LogP contribution in [0.4, 0.5) is 0 Å². The Morgan fingerprint density at radius 2 is 1.59 bits per heavy atom. The molecule has 0 spiro atoms. The van der Waals surface area contributed by atoms with Crippen LogP contribution in [0.1, 0.15) is 33.6 Å². The fraction of sp³-hybridized carbons (Fsp3) is 0.706. The first kappa shape index (κ1) is 17.1. The number of aliphatic hydroxyl groups is 2. The van der Waals surface area contributed by atoms with Gasteiger partial charge in [-0.05, 0) is 5.04 Å². The third kappa shape index (κ3) is 2.81. The largest absolute Gasteiger partial charge is 0.377 e. The molecule has 2 N–H and O–H groups in total. The number of rotatable bonds is 1. The highest BCUT2D eigenvalue weighted by molar-refractivity contribution is 6.80. The van der Waals surface area contributed by atoms with E-state index < -0.39 is 20.4 Å². The van der Waals surface area contributed by atoms with E-state index >= 15 is 0 Å². The number of carbonyl (C=O) groups is 1. The maximum Gasteiger partial charge on any atom is 0.221 e. The second-order valence-electron chi connectivity index (χ2n) is 7.63. The van der Waals surface area contributed by atoms with Crippen molar-refractivity contribution in [2.24, 2.45) is 5.92 Å². The summed E-state index contributed by atoms with van der Waals surface area (Å²) in [6.07, 6.45) is -1.33. The molecule has 120 valence electrons. The fourth-order valence-corrected chi connectivity index (χ4v) is 5.35. The highest BCUT2D eigenvalue weighted by Crippen LogP contribution is 2.46. The molecule has 1 amide bonds. The van der Waals surface area contributed by atoms with Crippen molar-refractivity contribution in [2.75, 3.05) is 0 Å². The Balaban J connectivity index is 2.28. The molecular formula is C17H25NO3Si. The molecule has 0 unspecified atom stereocenters. The Bertz CT molecular complexity index is 585. The van der Waals surface area contributed by atoms with Crippen LogP contribution in [0.2, 0.25) is 18.1 Å². The molecular weight excluding hydrogens is 294 g/mol. The SMILES string of the molecule is CC(C)(C)[Si](C)(C)N1C(=O)[C@H]2CC#C[C@@H](O)[C@H](O)C#CC[C@@H]21. The quantitative estimate of drug-likeness (QED) is 0.436. The fourth-order valence-electron chi connectivity index (χ4n) is 2.81. The maximum absolute atomic E-state index is 12.6. The van der Waals surface area contributed by atoms with E-state index in [9.17, 15) is 15.0 Å². The van der Waals surface area contributed by atoms with Crippen molar-refractivity contribution in [2.45, 2.75) is 70.0 Å². The van der Waals surface area contributed by atoms with Crippen molar-refractivity contribution in [1.29, 1.82) is 0 Å². The molecule has 2 rings (SSSR count). The lowest BCUT2D eigenvalue weighted by molar-refractivity contribution is -0.147. The monoisotopic (exact) mass is 319 g/mol. The second-order valence-corrected chi connectivity index (χ2v) is 12.7. The number of aliphatic hydroxyl groups excluding tert-OH is 2. The lowest BCUT2D eigenvalue weighted by Crippen LogP contribution is -2.72. The second kappa shape index (κ2) is 5.74. The predicted molar refractivity (Wildman–Crippen MR) is 88.1 cm³/mol. The topological polar surface area (TPSA) is 60.8 Å². The van der Waals surface area contributed by atoms with Gasteiger partial charge in [-0.1, -0.05) is 57.5 Å². The maximum atomic E-state index is 12.6. The first-order valence-electron chi connectivity index (χ1n) is 7.73. The summed E-state index contributed by atoms with van der Waals surface area (Å²) < 4.78 is 2.07. The summed E-state index contributed by atoms with van der Waals surface area (Å²) in [5.41, 5.74) is 0. The van der Waals surface area contributed by atoms with Crippen molar-refractivity contribution in [3.8, 4) is 23.7 Å². The van der Waals surface area contributed by atoms with Gasteiger partial charge < -0.3 is 14.8 Å². The van der Waals surface area contributed by atoms with Gasteiger partial charge in [-0.2, -0.15) is 0 Å². The number of fused-ring (bicyclic) bond motifs is 1. The van der Waals surface area contributed by atoms with Crippen LogP contribution >= 0.6 is 0 Å². The molecule has 0 aromatic carbocycles. The molecule has 0 radical (unpaired) electrons. The van der Waals surface area contributed by atoms with Crippen LogP contribution in [0, 0.1) is 29.6 Å². The van der Waals surface area contributed by atoms with Gasteiger partial charge in [0.1, 0.15) is 0 Å². The van der Waals surface area contributed by atoms with Crippen LogP contribution in [0.25, 0.3) is 0 Å². The van der Waals surface area contributed by atoms with Crippen molar-refractivity contribution in [3.63, 3.8) is 0 Å². The average Bonchev–Trinajstić information content (AvgIpc) is 2.39. The van der Waals surface area contributed by atoms with Crippen LogP contribution in [0.5, 0.6) is 0 Å². The Labute approximate surface area is 134 Å². The molecule has 0 aromatic rings. The number of nitrogens with zero attached hydrogens (tertiary/aromatic N) is 1. The molecule has 4 atom stereocenters. The normalized spacial score (nSPS) is 32.0. The van der Waals surface area contributed by atoms with Gasteiger partial charge in [0, 0.05) is 18.9 Å². The first-order chi connectivity index (χ1) is 10.1. The van der Waals surface area contributed by atoms with Crippen molar-refractivity contribution < 1.29 is 15.0 Å². The van der Waals surface area contributed by atoms with E-state index in [4.69, 9.17) is 0 Å². The van der Waals surface area contributed by atoms with Gasteiger partial charge in [0.05, 0.1) is 5.92 Å². The molecule has 1 heterocycles. The van der Waals surface area contributed by atoms with Gasteiger partial charge in [-0.15, -0.1) is 0 Å². The average molecular weight is 319 g/mol. The van der Waals surface area contributed by atoms with Gasteiger partial charge in [0.15, 0.2) is 20.4 Å². The zero-order chi connectivity index (χ0) is 16.7. The van der Waals surface area contributed by atoms with E-state index in [0.717, 1.165) is 0 Å². The van der Waals surface area contributed by atoms with E-state index in [0.29, 0.717) is 12.8 Å². The van der Waals surface area contributed by atoms with E-state index in [1.807, 2.05) is 0 Å². The number of hydrogen-bond acceptors (Lipinski definition) is 3. The van der Waals surface area contributed by atoms with Crippen LogP contribution in [-0.2, 0) is 4.79 Å². The van der Waals surface area contributed by atoms with E-state index in [2.05, 4.69) is 62.1 Å². The van der Waals surface area contributed by atoms with Gasteiger partial charge in [0.2, 0.25) is 5.91 Å². The van der Waals surface area contributed by atoms with E-state index in [1.165, 1.54) is 0 Å². The number of amides is 1. The molecule has 1 fully saturated rings. The lowest BCUT2D eigenvalue weighted by atomic mass is 9.85. The third-order valence-electron chi connectivity index (χ3n) is 5.22. The number of hydrogen-bond donors (Lipinski definition) is 2. The summed E-state index contributed by atoms with van der Waals surface area (Å²) in [5.74, 6) is 11.1. The Hall–Kier alpha value is -1.27. The van der Waals surface area contributed by atoms with Crippen LogP contribution in [0.15, 0.2) is 0 Å². The minimum atomic E-state index is -1.94. The summed E-state index contributed by atoms with van der Waals surface area (Å²) in [6, 6.07) is 0.0811. The number of β-lactam (4-membered cyclic amide) rings is 1. The molecule has 0 saturated carbocycles. The Morgan fingerprint density at radius 1 is 1.09 bits per heavy atom. The first-order valence-corrected chi connectivity index (χ1v) is 10.7. The van der Waals surface area contributed by atoms with E-state index in [1.54, 1.807) is 0 Å². The standard InChI is InChI=1S/C17H25NO3Si/c1-17(2,3)22(4,5)18-13-9-7-11-15(20)14(19)10-6-8-12(13)16(18)21/h12-15,19-20H,8-9H2,1-5H3/t12-,13-,14+,15+/m0/s1. The molecule has 2 aliphatic rings. The number of carbonyl (C=O) groups excluding carboxylic acids is 1. The molecule has 1 aliphatic carbocycles. The molecule has 5 heteroatoms. The van der Waals surface area contributed by atoms with Gasteiger partial charge in [-0.25, -0.2) is 0 Å². The zero-order valence-electron chi connectivity index (χ0n) is 14.0. The molecule has 0 bridgehead atoms. The van der Waals surface area contributed by atoms with Gasteiger partial charge >= 0.3 is 0 Å². The smallest absolute Gasteiger partial charge is 0.221 e. The summed E-state index contributed by atoms with van der Waals surface area (Å²) in [5, 5.41) is 19.4. The van der Waals surface area contributed by atoms with Crippen LogP contribution in [0.3, 0.4) is 0 Å². The van der Waals surface area contributed by atoms with E-state index in [-0.39, 0.29) is 22.9 Å². The minimum absolute atomic E-state index is 0.0811. The Morgan fingerprint density at radius 3 is 2.09 bits per heavy atom.